The number of fused-ring (bicyclic) bond motifs is 1. The summed E-state index contributed by atoms with van der Waals surface area (Å²) < 4.78 is 37.9. The summed E-state index contributed by atoms with van der Waals surface area (Å²) in [6.07, 6.45) is -0.204. The molecule has 110 valence electrons. The largest absolute Gasteiger partial charge is 0.486 e. The molecule has 0 saturated carbocycles. The molecule has 0 aliphatic carbocycles. The van der Waals surface area contributed by atoms with Crippen LogP contribution < -0.4 is 15.2 Å². The number of ether oxygens (including phenoxy) is 2. The van der Waals surface area contributed by atoms with Crippen LogP contribution in [0, 0.1) is 0 Å². The minimum Gasteiger partial charge on any atom is -0.486 e. The summed E-state index contributed by atoms with van der Waals surface area (Å²) in [7, 11) is 0. The lowest BCUT2D eigenvalue weighted by molar-refractivity contribution is -0.138. The van der Waals surface area contributed by atoms with E-state index in [1.54, 1.807) is 0 Å². The Morgan fingerprint density at radius 3 is 2.45 bits per heavy atom. The van der Waals surface area contributed by atoms with Gasteiger partial charge in [0.1, 0.15) is 19.3 Å². The van der Waals surface area contributed by atoms with Crippen LogP contribution in [0.4, 0.5) is 8.78 Å². The normalized spacial score (nSPS) is 15.8. The third-order valence-corrected chi connectivity index (χ3v) is 3.00. The molecule has 0 spiro atoms. The van der Waals surface area contributed by atoms with Crippen molar-refractivity contribution < 1.29 is 28.2 Å². The summed E-state index contributed by atoms with van der Waals surface area (Å²) >= 11 is 0. The first-order valence-corrected chi connectivity index (χ1v) is 6.08. The van der Waals surface area contributed by atoms with E-state index < -0.39 is 17.9 Å². The fourth-order valence-electron chi connectivity index (χ4n) is 2.03. The Morgan fingerprint density at radius 2 is 1.95 bits per heavy atom. The van der Waals surface area contributed by atoms with Crippen LogP contribution in [0.3, 0.4) is 0 Å². The maximum atomic E-state index is 13.7. The van der Waals surface area contributed by atoms with Gasteiger partial charge >= 0.3 is 5.97 Å². The standard InChI is InChI=1S/C13H15F2NO4/c1-13(14,15)8-6-11-10(19-2-3-20-11)5-7(8)4-9(16)12(17)18/h5-6,9H,2-4,16H2,1H3,(H,17,18). The Morgan fingerprint density at radius 1 is 1.40 bits per heavy atom. The van der Waals surface area contributed by atoms with Crippen LogP contribution in [0.5, 0.6) is 11.5 Å². The third kappa shape index (κ3) is 2.98. The summed E-state index contributed by atoms with van der Waals surface area (Å²) in [4.78, 5) is 10.8. The van der Waals surface area contributed by atoms with E-state index in [2.05, 4.69) is 0 Å². The number of hydrogen-bond acceptors (Lipinski definition) is 4. The van der Waals surface area contributed by atoms with Gasteiger partial charge in [0.15, 0.2) is 11.5 Å². The number of hydrogen-bond donors (Lipinski definition) is 2. The zero-order valence-electron chi connectivity index (χ0n) is 10.9. The zero-order chi connectivity index (χ0) is 14.9. The highest BCUT2D eigenvalue weighted by atomic mass is 19.3. The molecule has 7 heteroatoms. The van der Waals surface area contributed by atoms with Crippen LogP contribution in [0.25, 0.3) is 0 Å². The highest BCUT2D eigenvalue weighted by Crippen LogP contribution is 2.39. The van der Waals surface area contributed by atoms with Crippen molar-refractivity contribution in [2.24, 2.45) is 5.73 Å². The van der Waals surface area contributed by atoms with Crippen molar-refractivity contribution in [2.75, 3.05) is 13.2 Å². The Labute approximate surface area is 114 Å². The van der Waals surface area contributed by atoms with Gasteiger partial charge in [-0.05, 0) is 24.1 Å². The Bertz CT molecular complexity index is 528. The van der Waals surface area contributed by atoms with Gasteiger partial charge in [-0.25, -0.2) is 8.78 Å². The predicted molar refractivity (Wildman–Crippen MR) is 66.3 cm³/mol. The maximum absolute atomic E-state index is 13.7. The van der Waals surface area contributed by atoms with E-state index in [0.29, 0.717) is 12.4 Å². The second-order valence-corrected chi connectivity index (χ2v) is 4.69. The van der Waals surface area contributed by atoms with Gasteiger partial charge in [-0.1, -0.05) is 0 Å². The quantitative estimate of drug-likeness (QED) is 0.877. The van der Waals surface area contributed by atoms with Crippen LogP contribution in [0.1, 0.15) is 18.1 Å². The average Bonchev–Trinajstić information content (AvgIpc) is 2.36. The van der Waals surface area contributed by atoms with Gasteiger partial charge in [-0.3, -0.25) is 4.79 Å². The minimum absolute atomic E-state index is 0.150. The van der Waals surface area contributed by atoms with E-state index in [-0.39, 0.29) is 29.9 Å². The lowest BCUT2D eigenvalue weighted by Crippen LogP contribution is -2.33. The van der Waals surface area contributed by atoms with Crippen molar-refractivity contribution in [1.29, 1.82) is 0 Å². The number of carboxylic acid groups (broad SMARTS) is 1. The first kappa shape index (κ1) is 14.5. The molecule has 0 aromatic heterocycles. The maximum Gasteiger partial charge on any atom is 0.320 e. The third-order valence-electron chi connectivity index (χ3n) is 3.00. The van der Waals surface area contributed by atoms with Gasteiger partial charge in [-0.2, -0.15) is 0 Å². The molecule has 3 N–H and O–H groups in total. The molecule has 1 aliphatic rings. The number of benzene rings is 1. The molecule has 0 amide bonds. The number of aliphatic carboxylic acids is 1. The van der Waals surface area contributed by atoms with E-state index in [4.69, 9.17) is 20.3 Å². The Balaban J connectivity index is 2.44. The lowest BCUT2D eigenvalue weighted by Gasteiger charge is -2.24. The van der Waals surface area contributed by atoms with Gasteiger partial charge in [0.05, 0.1) is 0 Å². The molecule has 0 radical (unpaired) electrons. The summed E-state index contributed by atoms with van der Waals surface area (Å²) in [5.41, 5.74) is 5.28. The highest BCUT2D eigenvalue weighted by molar-refractivity contribution is 5.73. The molecule has 20 heavy (non-hydrogen) atoms. The molecule has 0 bridgehead atoms. The molecular formula is C13H15F2NO4. The van der Waals surface area contributed by atoms with Crippen LogP contribution in [0.2, 0.25) is 0 Å². The highest BCUT2D eigenvalue weighted by Gasteiger charge is 2.31. The van der Waals surface area contributed by atoms with Gasteiger partial charge in [0, 0.05) is 12.5 Å². The van der Waals surface area contributed by atoms with E-state index in [9.17, 15) is 13.6 Å². The number of alkyl halides is 2. The van der Waals surface area contributed by atoms with Crippen LogP contribution >= 0.6 is 0 Å². The van der Waals surface area contributed by atoms with Crippen molar-refractivity contribution in [1.82, 2.24) is 0 Å². The molecule has 1 aromatic rings. The van der Waals surface area contributed by atoms with Gasteiger partial charge < -0.3 is 20.3 Å². The van der Waals surface area contributed by atoms with Crippen molar-refractivity contribution in [2.45, 2.75) is 25.3 Å². The van der Waals surface area contributed by atoms with E-state index in [1.165, 1.54) is 12.1 Å². The molecule has 5 nitrogen and oxygen atoms in total. The van der Waals surface area contributed by atoms with E-state index in [1.807, 2.05) is 0 Å². The summed E-state index contributed by atoms with van der Waals surface area (Å²) in [5, 5.41) is 8.81. The van der Waals surface area contributed by atoms with Crippen molar-refractivity contribution in [3.63, 3.8) is 0 Å². The fraction of sp³-hybridized carbons (Fsp3) is 0.462. The molecule has 2 rings (SSSR count). The summed E-state index contributed by atoms with van der Waals surface area (Å²) in [6.45, 7) is 1.35. The Kier molecular flexibility index (Phi) is 3.80. The van der Waals surface area contributed by atoms with E-state index in [0.717, 1.165) is 6.92 Å². The average molecular weight is 287 g/mol. The molecule has 1 heterocycles. The molecular weight excluding hydrogens is 272 g/mol. The monoisotopic (exact) mass is 287 g/mol. The lowest BCUT2D eigenvalue weighted by atomic mass is 9.96. The molecule has 0 fully saturated rings. The molecule has 1 atom stereocenters. The minimum atomic E-state index is -3.12. The van der Waals surface area contributed by atoms with Gasteiger partial charge in [-0.15, -0.1) is 0 Å². The number of carbonyl (C=O) groups is 1. The second kappa shape index (κ2) is 5.24. The van der Waals surface area contributed by atoms with E-state index >= 15 is 0 Å². The smallest absolute Gasteiger partial charge is 0.320 e. The first-order chi connectivity index (χ1) is 9.29. The zero-order valence-corrected chi connectivity index (χ0v) is 10.9. The Hall–Kier alpha value is -1.89. The van der Waals surface area contributed by atoms with Crippen molar-refractivity contribution in [3.05, 3.63) is 23.3 Å². The topological polar surface area (TPSA) is 81.8 Å². The second-order valence-electron chi connectivity index (χ2n) is 4.69. The van der Waals surface area contributed by atoms with Crippen LogP contribution in [-0.2, 0) is 17.1 Å². The van der Waals surface area contributed by atoms with Gasteiger partial charge in [0.2, 0.25) is 0 Å². The molecule has 1 unspecified atom stereocenters. The van der Waals surface area contributed by atoms with Crippen LogP contribution in [-0.4, -0.2) is 30.3 Å². The molecule has 0 saturated heterocycles. The fourth-order valence-corrected chi connectivity index (χ4v) is 2.03. The van der Waals surface area contributed by atoms with Crippen molar-refractivity contribution in [3.8, 4) is 11.5 Å². The number of rotatable bonds is 4. The SMILES string of the molecule is CC(F)(F)c1cc2c(cc1CC(N)C(=O)O)OCCO2. The van der Waals surface area contributed by atoms with Crippen LogP contribution in [0.15, 0.2) is 12.1 Å². The van der Waals surface area contributed by atoms with Gasteiger partial charge in [0.25, 0.3) is 5.92 Å². The molecule has 1 aliphatic heterocycles. The molecule has 1 aromatic carbocycles. The number of nitrogens with two attached hydrogens (primary N) is 1. The number of halogens is 2. The number of carboxylic acids is 1. The summed E-state index contributed by atoms with van der Waals surface area (Å²) in [5.74, 6) is -3.80. The summed E-state index contributed by atoms with van der Waals surface area (Å²) in [6, 6.07) is 1.32. The predicted octanol–water partition coefficient (Wildman–Crippen LogP) is 1.52. The first-order valence-electron chi connectivity index (χ1n) is 6.08. The van der Waals surface area contributed by atoms with Crippen molar-refractivity contribution >= 4 is 5.97 Å².